The summed E-state index contributed by atoms with van der Waals surface area (Å²) in [5.41, 5.74) is 2.54. The number of hydrogen-bond acceptors (Lipinski definition) is 6. The number of methoxy groups -OCH3 is 2. The number of Topliss-reactive ketones (excluding diaryl/α,β-unsaturated/α-hetero) is 1. The quantitative estimate of drug-likeness (QED) is 0.323. The summed E-state index contributed by atoms with van der Waals surface area (Å²) in [5, 5.41) is 11.4. The summed E-state index contributed by atoms with van der Waals surface area (Å²) in [6, 6.07) is 15.0. The van der Waals surface area contributed by atoms with E-state index in [1.807, 2.05) is 24.3 Å². The van der Waals surface area contributed by atoms with Gasteiger partial charge in [-0.05, 0) is 59.5 Å². The van der Waals surface area contributed by atoms with Crippen LogP contribution in [-0.4, -0.2) is 36.0 Å². The van der Waals surface area contributed by atoms with Gasteiger partial charge in [0.05, 0.1) is 31.4 Å². The van der Waals surface area contributed by atoms with Crippen molar-refractivity contribution in [1.82, 2.24) is 4.98 Å². The average molecular weight is 459 g/mol. The van der Waals surface area contributed by atoms with Crippen molar-refractivity contribution in [3.8, 4) is 11.5 Å². The molecule has 0 spiro atoms. The van der Waals surface area contributed by atoms with Crippen LogP contribution in [0.3, 0.4) is 0 Å². The van der Waals surface area contributed by atoms with Crippen LogP contribution in [0.5, 0.6) is 11.5 Å². The largest absolute Gasteiger partial charge is 0.507 e. The Morgan fingerprint density at radius 3 is 2.24 bits per heavy atom. The van der Waals surface area contributed by atoms with Gasteiger partial charge < -0.3 is 14.6 Å². The molecule has 174 valence electrons. The number of aromatic nitrogens is 1. The van der Waals surface area contributed by atoms with Crippen molar-refractivity contribution in [2.45, 2.75) is 25.8 Å². The van der Waals surface area contributed by atoms with Crippen molar-refractivity contribution < 1.29 is 24.2 Å². The van der Waals surface area contributed by atoms with E-state index in [-0.39, 0.29) is 16.9 Å². The predicted molar refractivity (Wildman–Crippen MR) is 129 cm³/mol. The maximum Gasteiger partial charge on any atom is 0.300 e. The Hall–Kier alpha value is -4.13. The van der Waals surface area contributed by atoms with E-state index < -0.39 is 17.7 Å². The smallest absolute Gasteiger partial charge is 0.300 e. The van der Waals surface area contributed by atoms with Crippen LogP contribution in [0.2, 0.25) is 0 Å². The second-order valence-corrected chi connectivity index (χ2v) is 8.26. The summed E-state index contributed by atoms with van der Waals surface area (Å²) in [7, 11) is 2.97. The van der Waals surface area contributed by atoms with Gasteiger partial charge in [0, 0.05) is 18.1 Å². The van der Waals surface area contributed by atoms with E-state index in [0.29, 0.717) is 28.7 Å². The molecule has 0 saturated carbocycles. The highest BCUT2D eigenvalue weighted by Gasteiger charge is 2.47. The molecule has 4 rings (SSSR count). The van der Waals surface area contributed by atoms with Gasteiger partial charge in [0.25, 0.3) is 11.7 Å². The Kier molecular flexibility index (Phi) is 6.36. The van der Waals surface area contributed by atoms with Crippen LogP contribution < -0.4 is 14.4 Å². The summed E-state index contributed by atoms with van der Waals surface area (Å²) in [4.78, 5) is 32.1. The SMILES string of the molecule is COc1ccc(OC)c(/C(O)=C2\C(=O)C(=O)N(c3ccc(C(C)C)cc3)C2c2ccncc2)c1. The molecule has 1 aliphatic heterocycles. The molecule has 2 aromatic carbocycles. The summed E-state index contributed by atoms with van der Waals surface area (Å²) >= 11 is 0. The molecule has 1 amide bonds. The number of aliphatic hydroxyl groups excluding tert-OH is 1. The molecule has 0 bridgehead atoms. The zero-order valence-electron chi connectivity index (χ0n) is 19.5. The van der Waals surface area contributed by atoms with Crippen LogP contribution in [0.1, 0.15) is 42.5 Å². The molecule has 1 unspecified atom stereocenters. The minimum atomic E-state index is -0.844. The molecule has 1 fully saturated rings. The number of aliphatic hydroxyl groups is 1. The van der Waals surface area contributed by atoms with Gasteiger partial charge in [0.15, 0.2) is 0 Å². The number of nitrogens with zero attached hydrogens (tertiary/aromatic N) is 2. The lowest BCUT2D eigenvalue weighted by atomic mass is 9.95. The van der Waals surface area contributed by atoms with Gasteiger partial charge in [-0.1, -0.05) is 26.0 Å². The summed E-state index contributed by atoms with van der Waals surface area (Å²) < 4.78 is 10.7. The fourth-order valence-corrected chi connectivity index (χ4v) is 4.12. The van der Waals surface area contributed by atoms with Crippen LogP contribution in [-0.2, 0) is 9.59 Å². The topological polar surface area (TPSA) is 89.0 Å². The molecular formula is C27H26N2O5. The lowest BCUT2D eigenvalue weighted by Gasteiger charge is -2.26. The molecule has 1 saturated heterocycles. The Morgan fingerprint density at radius 2 is 1.65 bits per heavy atom. The van der Waals surface area contributed by atoms with Crippen molar-refractivity contribution in [1.29, 1.82) is 0 Å². The van der Waals surface area contributed by atoms with Gasteiger partial charge in [-0.3, -0.25) is 19.5 Å². The van der Waals surface area contributed by atoms with Crippen molar-refractivity contribution in [3.63, 3.8) is 0 Å². The number of anilines is 1. The second kappa shape index (κ2) is 9.39. The third kappa shape index (κ3) is 4.01. The molecular weight excluding hydrogens is 432 g/mol. The highest BCUT2D eigenvalue weighted by atomic mass is 16.5. The zero-order valence-corrected chi connectivity index (χ0v) is 19.5. The van der Waals surface area contributed by atoms with E-state index >= 15 is 0 Å². The normalized spacial score (nSPS) is 17.3. The first-order valence-corrected chi connectivity index (χ1v) is 10.9. The third-order valence-electron chi connectivity index (χ3n) is 5.97. The molecule has 7 nitrogen and oxygen atoms in total. The fourth-order valence-electron chi connectivity index (χ4n) is 4.12. The summed E-state index contributed by atoms with van der Waals surface area (Å²) in [5.74, 6) is -0.696. The standard InChI is InChI=1S/C27H26N2O5/c1-16(2)17-5-7-19(8-6-17)29-24(18-11-13-28-14-12-18)23(26(31)27(29)32)25(30)21-15-20(33-3)9-10-22(21)34-4/h5-16,24,30H,1-4H3/b25-23+. The number of ketones is 1. The molecule has 0 radical (unpaired) electrons. The minimum Gasteiger partial charge on any atom is -0.507 e. The molecule has 0 aliphatic carbocycles. The van der Waals surface area contributed by atoms with Crippen LogP contribution in [0, 0.1) is 0 Å². The number of rotatable bonds is 6. The van der Waals surface area contributed by atoms with Gasteiger partial charge in [-0.25, -0.2) is 0 Å². The zero-order chi connectivity index (χ0) is 24.4. The van der Waals surface area contributed by atoms with E-state index in [1.165, 1.54) is 19.1 Å². The van der Waals surface area contributed by atoms with E-state index in [0.717, 1.165) is 5.56 Å². The molecule has 3 aromatic rings. The lowest BCUT2D eigenvalue weighted by Crippen LogP contribution is -2.29. The van der Waals surface area contributed by atoms with Crippen molar-refractivity contribution in [2.24, 2.45) is 0 Å². The van der Waals surface area contributed by atoms with Crippen molar-refractivity contribution in [2.75, 3.05) is 19.1 Å². The first-order chi connectivity index (χ1) is 16.4. The van der Waals surface area contributed by atoms with Crippen LogP contribution in [0.25, 0.3) is 5.76 Å². The molecule has 1 aliphatic rings. The molecule has 1 N–H and O–H groups in total. The van der Waals surface area contributed by atoms with Gasteiger partial charge in [-0.15, -0.1) is 0 Å². The summed E-state index contributed by atoms with van der Waals surface area (Å²) in [6.45, 7) is 4.17. The highest BCUT2D eigenvalue weighted by molar-refractivity contribution is 6.51. The Bertz CT molecular complexity index is 1250. The van der Waals surface area contributed by atoms with Crippen LogP contribution >= 0.6 is 0 Å². The number of hydrogen-bond donors (Lipinski definition) is 1. The van der Waals surface area contributed by atoms with Crippen molar-refractivity contribution in [3.05, 3.63) is 89.3 Å². The van der Waals surface area contributed by atoms with E-state index in [4.69, 9.17) is 9.47 Å². The maximum atomic E-state index is 13.3. The molecule has 2 heterocycles. The average Bonchev–Trinajstić information content (AvgIpc) is 3.14. The van der Waals surface area contributed by atoms with Crippen LogP contribution in [0.4, 0.5) is 5.69 Å². The van der Waals surface area contributed by atoms with Crippen LogP contribution in [0.15, 0.2) is 72.6 Å². The maximum absolute atomic E-state index is 13.3. The van der Waals surface area contributed by atoms with Gasteiger partial charge in [-0.2, -0.15) is 0 Å². The van der Waals surface area contributed by atoms with Crippen molar-refractivity contribution >= 4 is 23.1 Å². The number of carbonyl (C=O) groups excluding carboxylic acids is 2. The molecule has 7 heteroatoms. The molecule has 34 heavy (non-hydrogen) atoms. The predicted octanol–water partition coefficient (Wildman–Crippen LogP) is 4.85. The van der Waals surface area contributed by atoms with E-state index in [1.54, 1.807) is 42.7 Å². The van der Waals surface area contributed by atoms with Gasteiger partial charge >= 0.3 is 0 Å². The fraction of sp³-hybridized carbons (Fsp3) is 0.222. The number of ether oxygens (including phenoxy) is 2. The molecule has 1 atom stereocenters. The lowest BCUT2D eigenvalue weighted by molar-refractivity contribution is -0.132. The first kappa shape index (κ1) is 23.0. The molecule has 1 aromatic heterocycles. The Labute approximate surface area is 198 Å². The summed E-state index contributed by atoms with van der Waals surface area (Å²) in [6.07, 6.45) is 3.17. The van der Waals surface area contributed by atoms with E-state index in [2.05, 4.69) is 18.8 Å². The van der Waals surface area contributed by atoms with Gasteiger partial charge in [0.1, 0.15) is 17.3 Å². The second-order valence-electron chi connectivity index (χ2n) is 8.26. The Balaban J connectivity index is 1.94. The third-order valence-corrected chi connectivity index (χ3v) is 5.97. The minimum absolute atomic E-state index is 0.0318. The monoisotopic (exact) mass is 458 g/mol. The van der Waals surface area contributed by atoms with E-state index in [9.17, 15) is 14.7 Å². The highest BCUT2D eigenvalue weighted by Crippen LogP contribution is 2.43. The number of carbonyl (C=O) groups is 2. The first-order valence-electron chi connectivity index (χ1n) is 10.9. The number of benzene rings is 2. The number of pyridine rings is 1. The van der Waals surface area contributed by atoms with Gasteiger partial charge in [0.2, 0.25) is 0 Å². The Morgan fingerprint density at radius 1 is 0.971 bits per heavy atom. The number of amides is 1.